The lowest BCUT2D eigenvalue weighted by atomic mass is 10.3. The number of carbonyl (C=O) groups is 1. The van der Waals surface area contributed by atoms with E-state index in [1.165, 1.54) is 0 Å². The summed E-state index contributed by atoms with van der Waals surface area (Å²) in [5.41, 5.74) is -0.640. The molecule has 22 heavy (non-hydrogen) atoms. The number of hydrogen-bond donors (Lipinski definition) is 2. The van der Waals surface area contributed by atoms with Gasteiger partial charge in [0, 0.05) is 10.2 Å². The molecule has 4 nitrogen and oxygen atoms in total. The number of aromatic nitrogens is 1. The molecule has 0 unspecified atom stereocenters. The third-order valence-electron chi connectivity index (χ3n) is 2.55. The summed E-state index contributed by atoms with van der Waals surface area (Å²) >= 11 is 3.22. The molecule has 2 aromatic rings. The molecule has 9 heteroatoms. The van der Waals surface area contributed by atoms with E-state index in [0.29, 0.717) is 5.69 Å². The van der Waals surface area contributed by atoms with E-state index in [2.05, 4.69) is 26.2 Å². The number of benzene rings is 1. The van der Waals surface area contributed by atoms with Crippen molar-refractivity contribution in [2.45, 2.75) is 0 Å². The minimum Gasteiger partial charge on any atom is -0.371 e. The molecule has 0 radical (unpaired) electrons. The topological polar surface area (TPSA) is 54.0 Å². The average Bonchev–Trinajstić information content (AvgIpc) is 2.47. The Morgan fingerprint density at radius 3 is 2.14 bits per heavy atom. The zero-order valence-electron chi connectivity index (χ0n) is 10.8. The van der Waals surface area contributed by atoms with Crippen LogP contribution in [0.25, 0.3) is 0 Å². The van der Waals surface area contributed by atoms with Crippen LogP contribution in [-0.2, 0) is 4.79 Å². The van der Waals surface area contributed by atoms with Gasteiger partial charge in [-0.25, -0.2) is 0 Å². The molecule has 0 aliphatic carbocycles. The number of amides is 1. The molecule has 1 heterocycles. The van der Waals surface area contributed by atoms with Crippen LogP contribution < -0.4 is 10.6 Å². The van der Waals surface area contributed by atoms with E-state index in [0.717, 1.165) is 4.47 Å². The molecule has 0 aliphatic rings. The van der Waals surface area contributed by atoms with Gasteiger partial charge in [0.2, 0.25) is 17.5 Å². The minimum atomic E-state index is -1.80. The molecule has 1 amide bonds. The monoisotopic (exact) mass is 377 g/mol. The maximum Gasteiger partial charge on any atom is 0.253 e. The highest BCUT2D eigenvalue weighted by Gasteiger charge is 2.21. The predicted octanol–water partition coefficient (Wildman–Crippen LogP) is 3.45. The van der Waals surface area contributed by atoms with E-state index in [1.807, 2.05) is 5.32 Å². The second kappa shape index (κ2) is 6.73. The Kier molecular flexibility index (Phi) is 4.96. The Bertz CT molecular complexity index is 683. The van der Waals surface area contributed by atoms with E-state index in [4.69, 9.17) is 0 Å². The highest BCUT2D eigenvalue weighted by atomic mass is 79.9. The summed E-state index contributed by atoms with van der Waals surface area (Å²) in [5, 5.41) is 4.44. The molecule has 0 aliphatic heterocycles. The van der Waals surface area contributed by atoms with Crippen LogP contribution in [0.2, 0.25) is 0 Å². The zero-order chi connectivity index (χ0) is 16.3. The maximum atomic E-state index is 13.3. The first-order valence-corrected chi connectivity index (χ1v) is 6.67. The van der Waals surface area contributed by atoms with Crippen LogP contribution >= 0.6 is 15.9 Å². The standard InChI is InChI=1S/C13H8BrF4N3O/c14-6-1-3-7(4-2-6)20-8(22)5-19-11-9(15)12(17)21-13(18)10(11)16/h1-4H,5H2,(H,19,21)(H,20,22). The number of hydrogen-bond acceptors (Lipinski definition) is 3. The molecule has 0 spiro atoms. The zero-order valence-corrected chi connectivity index (χ0v) is 12.3. The largest absolute Gasteiger partial charge is 0.371 e. The number of rotatable bonds is 4. The molecule has 0 saturated carbocycles. The van der Waals surface area contributed by atoms with Crippen LogP contribution in [0.1, 0.15) is 0 Å². The third-order valence-corrected chi connectivity index (χ3v) is 3.08. The molecule has 116 valence electrons. The smallest absolute Gasteiger partial charge is 0.253 e. The van der Waals surface area contributed by atoms with E-state index in [1.54, 1.807) is 24.3 Å². The fourth-order valence-corrected chi connectivity index (χ4v) is 1.81. The van der Waals surface area contributed by atoms with Gasteiger partial charge < -0.3 is 10.6 Å². The van der Waals surface area contributed by atoms with E-state index in [9.17, 15) is 22.4 Å². The van der Waals surface area contributed by atoms with Gasteiger partial charge >= 0.3 is 0 Å². The summed E-state index contributed by atoms with van der Waals surface area (Å²) in [4.78, 5) is 14.0. The van der Waals surface area contributed by atoms with Crippen molar-refractivity contribution in [2.75, 3.05) is 17.2 Å². The Hall–Kier alpha value is -2.16. The fourth-order valence-electron chi connectivity index (χ4n) is 1.55. The lowest BCUT2D eigenvalue weighted by Crippen LogP contribution is -2.23. The van der Waals surface area contributed by atoms with Crippen LogP contribution in [0.3, 0.4) is 0 Å². The lowest BCUT2D eigenvalue weighted by Gasteiger charge is -2.10. The summed E-state index contributed by atoms with van der Waals surface area (Å²) in [7, 11) is 0. The molecular formula is C13H8BrF4N3O. The van der Waals surface area contributed by atoms with Gasteiger partial charge in [-0.15, -0.1) is 0 Å². The van der Waals surface area contributed by atoms with Crippen molar-refractivity contribution >= 4 is 33.2 Å². The first-order chi connectivity index (χ1) is 10.4. The van der Waals surface area contributed by atoms with Gasteiger partial charge in [0.25, 0.3) is 11.9 Å². The van der Waals surface area contributed by atoms with Gasteiger partial charge in [0.05, 0.1) is 6.54 Å². The Morgan fingerprint density at radius 1 is 1.05 bits per heavy atom. The number of pyridine rings is 1. The summed E-state index contributed by atoms with van der Waals surface area (Å²) < 4.78 is 53.2. The van der Waals surface area contributed by atoms with Gasteiger partial charge in [-0.1, -0.05) is 15.9 Å². The lowest BCUT2D eigenvalue weighted by molar-refractivity contribution is -0.114. The Labute approximate surface area is 130 Å². The van der Waals surface area contributed by atoms with Crippen LogP contribution in [0, 0.1) is 23.5 Å². The van der Waals surface area contributed by atoms with Gasteiger partial charge in [-0.3, -0.25) is 4.79 Å². The van der Waals surface area contributed by atoms with Crippen LogP contribution in [0.15, 0.2) is 28.7 Å². The quantitative estimate of drug-likeness (QED) is 0.633. The summed E-state index contributed by atoms with van der Waals surface area (Å²) in [6, 6.07) is 6.54. The molecule has 2 rings (SSSR count). The number of carbonyl (C=O) groups excluding carboxylic acids is 1. The van der Waals surface area contributed by atoms with Crippen molar-refractivity contribution in [3.63, 3.8) is 0 Å². The summed E-state index contributed by atoms with van der Waals surface area (Å²) in [6.45, 7) is -0.590. The number of nitrogens with zero attached hydrogens (tertiary/aromatic N) is 1. The van der Waals surface area contributed by atoms with E-state index >= 15 is 0 Å². The SMILES string of the molecule is O=C(CNc1c(F)c(F)nc(F)c1F)Nc1ccc(Br)cc1. The van der Waals surface area contributed by atoms with Gasteiger partial charge in [-0.2, -0.15) is 22.5 Å². The number of halogens is 5. The predicted molar refractivity (Wildman–Crippen MR) is 75.3 cm³/mol. The van der Waals surface area contributed by atoms with Crippen molar-refractivity contribution in [3.8, 4) is 0 Å². The first kappa shape index (κ1) is 16.2. The number of nitrogens with one attached hydrogen (secondary N) is 2. The molecule has 1 aromatic heterocycles. The highest BCUT2D eigenvalue weighted by Crippen LogP contribution is 2.21. The molecular weight excluding hydrogens is 370 g/mol. The second-order valence-corrected chi connectivity index (χ2v) is 5.02. The summed E-state index contributed by atoms with van der Waals surface area (Å²) in [6.07, 6.45) is 0. The number of anilines is 2. The molecule has 0 atom stereocenters. The van der Waals surface area contributed by atoms with Crippen molar-refractivity contribution in [1.82, 2.24) is 4.98 Å². The molecule has 0 fully saturated rings. The fraction of sp³-hybridized carbons (Fsp3) is 0.0769. The molecule has 0 saturated heterocycles. The third kappa shape index (κ3) is 3.73. The normalized spacial score (nSPS) is 10.4. The average molecular weight is 378 g/mol. The Balaban J connectivity index is 2.04. The van der Waals surface area contributed by atoms with Crippen LogP contribution in [-0.4, -0.2) is 17.4 Å². The molecule has 2 N–H and O–H groups in total. The van der Waals surface area contributed by atoms with E-state index in [-0.39, 0.29) is 0 Å². The minimum absolute atomic E-state index is 0.447. The maximum absolute atomic E-state index is 13.3. The second-order valence-electron chi connectivity index (χ2n) is 4.11. The van der Waals surface area contributed by atoms with Crippen molar-refractivity contribution < 1.29 is 22.4 Å². The highest BCUT2D eigenvalue weighted by molar-refractivity contribution is 9.10. The van der Waals surface area contributed by atoms with Crippen molar-refractivity contribution in [2.24, 2.45) is 0 Å². The van der Waals surface area contributed by atoms with Crippen LogP contribution in [0.5, 0.6) is 0 Å². The first-order valence-electron chi connectivity index (χ1n) is 5.87. The summed E-state index contributed by atoms with van der Waals surface area (Å²) in [5.74, 6) is -7.64. The van der Waals surface area contributed by atoms with Crippen molar-refractivity contribution in [3.05, 3.63) is 52.3 Å². The molecule has 1 aromatic carbocycles. The van der Waals surface area contributed by atoms with E-state index < -0.39 is 41.7 Å². The van der Waals surface area contributed by atoms with Gasteiger partial charge in [-0.05, 0) is 24.3 Å². The van der Waals surface area contributed by atoms with Gasteiger partial charge in [0.1, 0.15) is 5.69 Å². The van der Waals surface area contributed by atoms with Gasteiger partial charge in [0.15, 0.2) is 0 Å². The van der Waals surface area contributed by atoms with Crippen molar-refractivity contribution in [1.29, 1.82) is 0 Å². The Morgan fingerprint density at radius 2 is 1.59 bits per heavy atom. The molecule has 0 bridgehead atoms. The van der Waals surface area contributed by atoms with Crippen LogP contribution in [0.4, 0.5) is 28.9 Å².